The average molecular weight is 173 g/mol. The van der Waals surface area contributed by atoms with E-state index in [1.165, 1.54) is 30.8 Å². The van der Waals surface area contributed by atoms with E-state index < -0.39 is 0 Å². The molecular weight excluding hydrogens is 154 g/mol. The first kappa shape index (κ1) is 9.40. The van der Waals surface area contributed by atoms with Crippen LogP contribution in [-0.2, 0) is 0 Å². The predicted molar refractivity (Wildman–Crippen MR) is 52.9 cm³/mol. The topological polar surface area (TPSA) is 26.0 Å². The van der Waals surface area contributed by atoms with Crippen LogP contribution in [0.3, 0.4) is 0 Å². The van der Waals surface area contributed by atoms with Crippen molar-refractivity contribution in [3.05, 3.63) is 0 Å². The molecule has 0 aromatic carbocycles. The molecule has 2 heteroatoms. The summed E-state index contributed by atoms with van der Waals surface area (Å²) in [5, 5.41) is 0. The Balaban J connectivity index is 2.24. The van der Waals surface area contributed by atoms with Crippen LogP contribution in [0.2, 0.25) is 0 Å². The van der Waals surface area contributed by atoms with Gasteiger partial charge in [0.05, 0.1) is 0 Å². The Hall–Kier alpha value is 0.310. The number of rotatable bonds is 2. The van der Waals surface area contributed by atoms with Crippen molar-refractivity contribution in [2.75, 3.05) is 11.5 Å². The Morgan fingerprint density at radius 2 is 2.27 bits per heavy atom. The Morgan fingerprint density at radius 1 is 1.55 bits per heavy atom. The molecule has 11 heavy (non-hydrogen) atoms. The molecule has 1 atom stereocenters. The van der Waals surface area contributed by atoms with Crippen molar-refractivity contribution in [2.24, 2.45) is 11.7 Å². The quantitative estimate of drug-likeness (QED) is 0.693. The molecule has 0 bridgehead atoms. The van der Waals surface area contributed by atoms with E-state index in [0.29, 0.717) is 0 Å². The second-order valence-corrected chi connectivity index (χ2v) is 5.43. The molecule has 66 valence electrons. The van der Waals surface area contributed by atoms with Gasteiger partial charge in [0.25, 0.3) is 0 Å². The van der Waals surface area contributed by atoms with Crippen molar-refractivity contribution < 1.29 is 0 Å². The van der Waals surface area contributed by atoms with Crippen LogP contribution in [-0.4, -0.2) is 17.0 Å². The minimum atomic E-state index is 0.0442. The summed E-state index contributed by atoms with van der Waals surface area (Å²) in [5.74, 6) is 3.58. The molecule has 0 spiro atoms. The molecule has 2 N–H and O–H groups in total. The summed E-state index contributed by atoms with van der Waals surface area (Å²) in [4.78, 5) is 0. The van der Waals surface area contributed by atoms with Gasteiger partial charge in [-0.3, -0.25) is 0 Å². The SMILES string of the molecule is CC(C)(N)CC1CCCSC1. The smallest absolute Gasteiger partial charge is 0.00999 e. The van der Waals surface area contributed by atoms with Crippen LogP contribution in [0.15, 0.2) is 0 Å². The van der Waals surface area contributed by atoms with E-state index in [0.717, 1.165) is 5.92 Å². The lowest BCUT2D eigenvalue weighted by Crippen LogP contribution is -2.35. The van der Waals surface area contributed by atoms with Gasteiger partial charge in [-0.25, -0.2) is 0 Å². The predicted octanol–water partition coefficient (Wildman–Crippen LogP) is 2.26. The molecule has 1 heterocycles. The highest BCUT2D eigenvalue weighted by Gasteiger charge is 2.20. The van der Waals surface area contributed by atoms with Gasteiger partial charge >= 0.3 is 0 Å². The van der Waals surface area contributed by atoms with Crippen LogP contribution in [0.1, 0.15) is 33.1 Å². The highest BCUT2D eigenvalue weighted by molar-refractivity contribution is 7.99. The lowest BCUT2D eigenvalue weighted by molar-refractivity contribution is 0.363. The van der Waals surface area contributed by atoms with Crippen molar-refractivity contribution in [1.82, 2.24) is 0 Å². The van der Waals surface area contributed by atoms with Crippen LogP contribution in [0.25, 0.3) is 0 Å². The second kappa shape index (κ2) is 3.81. The Bertz CT molecular complexity index is 111. The third kappa shape index (κ3) is 4.02. The fourth-order valence-corrected chi connectivity index (χ4v) is 2.87. The third-order valence-corrected chi connectivity index (χ3v) is 3.35. The van der Waals surface area contributed by atoms with Gasteiger partial charge in [-0.2, -0.15) is 11.8 Å². The summed E-state index contributed by atoms with van der Waals surface area (Å²) in [6.07, 6.45) is 3.99. The summed E-state index contributed by atoms with van der Waals surface area (Å²) < 4.78 is 0. The first-order valence-corrected chi connectivity index (χ1v) is 5.60. The standard InChI is InChI=1S/C9H19NS/c1-9(2,10)6-8-4-3-5-11-7-8/h8H,3-7,10H2,1-2H3. The maximum Gasteiger partial charge on any atom is 0.00999 e. The van der Waals surface area contributed by atoms with Gasteiger partial charge in [-0.15, -0.1) is 0 Å². The highest BCUT2D eigenvalue weighted by atomic mass is 32.2. The molecular formula is C9H19NS. The molecule has 1 nitrogen and oxygen atoms in total. The van der Waals surface area contributed by atoms with Gasteiger partial charge in [0.1, 0.15) is 0 Å². The van der Waals surface area contributed by atoms with Crippen LogP contribution < -0.4 is 5.73 Å². The van der Waals surface area contributed by atoms with E-state index in [9.17, 15) is 0 Å². The van der Waals surface area contributed by atoms with Crippen molar-refractivity contribution in [3.8, 4) is 0 Å². The van der Waals surface area contributed by atoms with Crippen LogP contribution in [0.4, 0.5) is 0 Å². The minimum absolute atomic E-state index is 0.0442. The van der Waals surface area contributed by atoms with Crippen molar-refractivity contribution in [3.63, 3.8) is 0 Å². The lowest BCUT2D eigenvalue weighted by atomic mass is 9.90. The van der Waals surface area contributed by atoms with E-state index in [1.807, 2.05) is 0 Å². The monoisotopic (exact) mass is 173 g/mol. The highest BCUT2D eigenvalue weighted by Crippen LogP contribution is 2.28. The minimum Gasteiger partial charge on any atom is -0.326 e. The summed E-state index contributed by atoms with van der Waals surface area (Å²) in [5.41, 5.74) is 6.00. The van der Waals surface area contributed by atoms with E-state index in [2.05, 4.69) is 25.6 Å². The van der Waals surface area contributed by atoms with Gasteiger partial charge < -0.3 is 5.73 Å². The van der Waals surface area contributed by atoms with E-state index >= 15 is 0 Å². The summed E-state index contributed by atoms with van der Waals surface area (Å²) in [6.45, 7) is 4.26. The Labute approximate surface area is 74.1 Å². The molecule has 0 aromatic rings. The summed E-state index contributed by atoms with van der Waals surface area (Å²) >= 11 is 2.09. The zero-order valence-corrected chi connectivity index (χ0v) is 8.41. The van der Waals surface area contributed by atoms with Crippen molar-refractivity contribution in [2.45, 2.75) is 38.6 Å². The molecule has 0 amide bonds. The summed E-state index contributed by atoms with van der Waals surface area (Å²) in [7, 11) is 0. The lowest BCUT2D eigenvalue weighted by Gasteiger charge is -2.28. The molecule has 0 aromatic heterocycles. The second-order valence-electron chi connectivity index (χ2n) is 4.28. The van der Waals surface area contributed by atoms with Gasteiger partial charge in [-0.05, 0) is 50.5 Å². The maximum absolute atomic E-state index is 5.96. The fourth-order valence-electron chi connectivity index (χ4n) is 1.71. The molecule has 1 unspecified atom stereocenters. The van der Waals surface area contributed by atoms with E-state index in [4.69, 9.17) is 5.73 Å². The van der Waals surface area contributed by atoms with Gasteiger partial charge in [0.2, 0.25) is 0 Å². The molecule has 1 aliphatic rings. The van der Waals surface area contributed by atoms with Crippen molar-refractivity contribution >= 4 is 11.8 Å². The average Bonchev–Trinajstić information content (AvgIpc) is 1.85. The zero-order valence-electron chi connectivity index (χ0n) is 7.60. The first-order chi connectivity index (χ1) is 5.08. The van der Waals surface area contributed by atoms with Crippen LogP contribution in [0, 0.1) is 5.92 Å². The van der Waals surface area contributed by atoms with E-state index in [1.54, 1.807) is 0 Å². The first-order valence-electron chi connectivity index (χ1n) is 4.44. The third-order valence-electron chi connectivity index (χ3n) is 2.07. The normalized spacial score (nSPS) is 27.0. The van der Waals surface area contributed by atoms with Gasteiger partial charge in [0, 0.05) is 5.54 Å². The maximum atomic E-state index is 5.96. The Morgan fingerprint density at radius 3 is 2.73 bits per heavy atom. The fraction of sp³-hybridized carbons (Fsp3) is 1.00. The zero-order chi connectivity index (χ0) is 8.32. The summed E-state index contributed by atoms with van der Waals surface area (Å²) in [6, 6.07) is 0. The largest absolute Gasteiger partial charge is 0.326 e. The van der Waals surface area contributed by atoms with Gasteiger partial charge in [-0.1, -0.05) is 0 Å². The Kier molecular flexibility index (Phi) is 3.26. The number of hydrogen-bond donors (Lipinski definition) is 1. The van der Waals surface area contributed by atoms with Crippen molar-refractivity contribution in [1.29, 1.82) is 0 Å². The molecule has 0 radical (unpaired) electrons. The van der Waals surface area contributed by atoms with Crippen LogP contribution >= 0.6 is 11.8 Å². The molecule has 0 saturated carbocycles. The molecule has 0 aliphatic carbocycles. The molecule has 1 fully saturated rings. The number of thioether (sulfide) groups is 1. The molecule has 1 saturated heterocycles. The van der Waals surface area contributed by atoms with Crippen LogP contribution in [0.5, 0.6) is 0 Å². The number of hydrogen-bond acceptors (Lipinski definition) is 2. The van der Waals surface area contributed by atoms with Gasteiger partial charge in [0.15, 0.2) is 0 Å². The molecule has 1 rings (SSSR count). The van der Waals surface area contributed by atoms with E-state index in [-0.39, 0.29) is 5.54 Å². The molecule has 1 aliphatic heterocycles. The number of nitrogens with two attached hydrogens (primary N) is 1.